The fourth-order valence-corrected chi connectivity index (χ4v) is 1.62. The molecule has 0 fully saturated rings. The Morgan fingerprint density at radius 2 is 1.83 bits per heavy atom. The molecule has 0 amide bonds. The van der Waals surface area contributed by atoms with Gasteiger partial charge in [-0.2, -0.15) is 0 Å². The Hall–Kier alpha value is -1.06. The van der Waals surface area contributed by atoms with Crippen molar-refractivity contribution in [2.45, 2.75) is 39.3 Å². The smallest absolute Gasteiger partial charge is 0.119 e. The van der Waals surface area contributed by atoms with E-state index in [1.807, 2.05) is 12.1 Å². The molecule has 0 bridgehead atoms. The third-order valence-corrected chi connectivity index (χ3v) is 2.97. The molecule has 18 heavy (non-hydrogen) atoms. The Kier molecular flexibility index (Phi) is 6.76. The van der Waals surface area contributed by atoms with Crippen LogP contribution in [-0.4, -0.2) is 26.4 Å². The van der Waals surface area contributed by atoms with Crippen LogP contribution < -0.4 is 10.1 Å². The van der Waals surface area contributed by atoms with Crippen molar-refractivity contribution in [2.75, 3.05) is 20.3 Å². The molecule has 0 saturated carbocycles. The SMILES string of the molecule is CCCOc1ccc(C(C)NCC(C)OC)cc1. The second-order valence-electron chi connectivity index (χ2n) is 4.59. The summed E-state index contributed by atoms with van der Waals surface area (Å²) in [6, 6.07) is 8.61. The first-order valence-electron chi connectivity index (χ1n) is 6.66. The molecule has 2 atom stereocenters. The van der Waals surface area contributed by atoms with Crippen LogP contribution in [0.25, 0.3) is 0 Å². The van der Waals surface area contributed by atoms with Gasteiger partial charge in [-0.25, -0.2) is 0 Å². The van der Waals surface area contributed by atoms with Crippen LogP contribution in [-0.2, 0) is 4.74 Å². The van der Waals surface area contributed by atoms with Gasteiger partial charge in [-0.3, -0.25) is 0 Å². The van der Waals surface area contributed by atoms with Crippen molar-refractivity contribution in [3.8, 4) is 5.75 Å². The second-order valence-corrected chi connectivity index (χ2v) is 4.59. The average Bonchev–Trinajstić information content (AvgIpc) is 2.42. The molecule has 1 rings (SSSR count). The molecule has 102 valence electrons. The van der Waals surface area contributed by atoms with E-state index in [1.54, 1.807) is 7.11 Å². The van der Waals surface area contributed by atoms with E-state index in [9.17, 15) is 0 Å². The minimum atomic E-state index is 0.236. The van der Waals surface area contributed by atoms with Crippen LogP contribution in [0.5, 0.6) is 5.75 Å². The van der Waals surface area contributed by atoms with Crippen molar-refractivity contribution >= 4 is 0 Å². The molecule has 0 aliphatic carbocycles. The van der Waals surface area contributed by atoms with E-state index >= 15 is 0 Å². The summed E-state index contributed by atoms with van der Waals surface area (Å²) in [4.78, 5) is 0. The van der Waals surface area contributed by atoms with Crippen LogP contribution in [0.4, 0.5) is 0 Å². The Labute approximate surface area is 110 Å². The van der Waals surface area contributed by atoms with Gasteiger partial charge in [0.05, 0.1) is 12.7 Å². The van der Waals surface area contributed by atoms with Crippen molar-refractivity contribution in [3.63, 3.8) is 0 Å². The second kappa shape index (κ2) is 8.11. The van der Waals surface area contributed by atoms with Gasteiger partial charge in [-0.15, -0.1) is 0 Å². The fraction of sp³-hybridized carbons (Fsp3) is 0.600. The summed E-state index contributed by atoms with van der Waals surface area (Å²) in [5, 5.41) is 3.45. The zero-order chi connectivity index (χ0) is 13.4. The lowest BCUT2D eigenvalue weighted by Crippen LogP contribution is -2.28. The van der Waals surface area contributed by atoms with Crippen LogP contribution in [0.3, 0.4) is 0 Å². The Morgan fingerprint density at radius 1 is 1.17 bits per heavy atom. The van der Waals surface area contributed by atoms with Crippen molar-refractivity contribution in [1.82, 2.24) is 5.32 Å². The van der Waals surface area contributed by atoms with Crippen molar-refractivity contribution in [1.29, 1.82) is 0 Å². The van der Waals surface area contributed by atoms with Crippen LogP contribution in [0, 0.1) is 0 Å². The van der Waals surface area contributed by atoms with Crippen LogP contribution in [0.15, 0.2) is 24.3 Å². The van der Waals surface area contributed by atoms with Crippen LogP contribution >= 0.6 is 0 Å². The first-order valence-corrected chi connectivity index (χ1v) is 6.66. The molecule has 1 aromatic rings. The Balaban J connectivity index is 2.45. The van der Waals surface area contributed by atoms with E-state index in [-0.39, 0.29) is 6.10 Å². The third-order valence-electron chi connectivity index (χ3n) is 2.97. The van der Waals surface area contributed by atoms with Crippen LogP contribution in [0.1, 0.15) is 38.8 Å². The predicted molar refractivity (Wildman–Crippen MR) is 75.1 cm³/mol. The molecule has 0 aliphatic heterocycles. The predicted octanol–water partition coefficient (Wildman–Crippen LogP) is 3.16. The third kappa shape index (κ3) is 5.07. The number of benzene rings is 1. The van der Waals surface area contributed by atoms with E-state index in [0.717, 1.165) is 25.3 Å². The molecule has 0 aromatic heterocycles. The number of hydrogen-bond donors (Lipinski definition) is 1. The molecule has 1 aromatic carbocycles. The fourth-order valence-electron chi connectivity index (χ4n) is 1.62. The zero-order valence-electron chi connectivity index (χ0n) is 11.9. The maximum Gasteiger partial charge on any atom is 0.119 e. The van der Waals surface area contributed by atoms with Crippen LogP contribution in [0.2, 0.25) is 0 Å². The van der Waals surface area contributed by atoms with E-state index in [4.69, 9.17) is 9.47 Å². The van der Waals surface area contributed by atoms with E-state index in [2.05, 4.69) is 38.2 Å². The van der Waals surface area contributed by atoms with E-state index < -0.39 is 0 Å². The first-order chi connectivity index (χ1) is 8.67. The topological polar surface area (TPSA) is 30.5 Å². The molecule has 0 heterocycles. The highest BCUT2D eigenvalue weighted by molar-refractivity contribution is 5.28. The largest absolute Gasteiger partial charge is 0.494 e. The summed E-state index contributed by atoms with van der Waals surface area (Å²) in [7, 11) is 1.73. The molecule has 2 unspecified atom stereocenters. The summed E-state index contributed by atoms with van der Waals surface area (Å²) in [5.74, 6) is 0.943. The van der Waals surface area contributed by atoms with Gasteiger partial charge in [0.2, 0.25) is 0 Å². The molecule has 3 heteroatoms. The van der Waals surface area contributed by atoms with Gasteiger partial charge in [0.15, 0.2) is 0 Å². The van der Waals surface area contributed by atoms with E-state index in [1.165, 1.54) is 5.56 Å². The molecular weight excluding hydrogens is 226 g/mol. The summed E-state index contributed by atoms with van der Waals surface area (Å²) in [6.07, 6.45) is 1.27. The van der Waals surface area contributed by atoms with Gasteiger partial charge in [-0.1, -0.05) is 19.1 Å². The molecule has 0 aliphatic rings. The van der Waals surface area contributed by atoms with Crippen molar-refractivity contribution < 1.29 is 9.47 Å². The van der Waals surface area contributed by atoms with Gasteiger partial charge < -0.3 is 14.8 Å². The number of nitrogens with one attached hydrogen (secondary N) is 1. The van der Waals surface area contributed by atoms with E-state index in [0.29, 0.717) is 6.04 Å². The minimum Gasteiger partial charge on any atom is -0.494 e. The van der Waals surface area contributed by atoms with Crippen molar-refractivity contribution in [3.05, 3.63) is 29.8 Å². The molecule has 0 spiro atoms. The van der Waals surface area contributed by atoms with Crippen molar-refractivity contribution in [2.24, 2.45) is 0 Å². The molecule has 0 saturated heterocycles. The lowest BCUT2D eigenvalue weighted by Gasteiger charge is -2.17. The normalized spacial score (nSPS) is 14.2. The first kappa shape index (κ1) is 15.0. The maximum absolute atomic E-state index is 5.57. The van der Waals surface area contributed by atoms with Gasteiger partial charge in [0.1, 0.15) is 5.75 Å². The highest BCUT2D eigenvalue weighted by Crippen LogP contribution is 2.17. The maximum atomic E-state index is 5.57. The lowest BCUT2D eigenvalue weighted by atomic mass is 10.1. The number of hydrogen-bond acceptors (Lipinski definition) is 3. The molecule has 0 radical (unpaired) electrons. The summed E-state index contributed by atoms with van der Waals surface area (Å²) >= 11 is 0. The minimum absolute atomic E-state index is 0.236. The monoisotopic (exact) mass is 251 g/mol. The van der Waals surface area contributed by atoms with Gasteiger partial charge in [-0.05, 0) is 38.0 Å². The zero-order valence-corrected chi connectivity index (χ0v) is 11.9. The number of ether oxygens (including phenoxy) is 2. The Bertz CT molecular complexity index is 324. The Morgan fingerprint density at radius 3 is 2.39 bits per heavy atom. The quantitative estimate of drug-likeness (QED) is 0.770. The van der Waals surface area contributed by atoms with Gasteiger partial charge >= 0.3 is 0 Å². The average molecular weight is 251 g/mol. The lowest BCUT2D eigenvalue weighted by molar-refractivity contribution is 0.115. The van der Waals surface area contributed by atoms with Gasteiger partial charge in [0.25, 0.3) is 0 Å². The number of methoxy groups -OCH3 is 1. The standard InChI is InChI=1S/C15H25NO2/c1-5-10-18-15-8-6-14(7-9-15)13(3)16-11-12(2)17-4/h6-9,12-13,16H,5,10-11H2,1-4H3. The summed E-state index contributed by atoms with van der Waals surface area (Å²) < 4.78 is 10.8. The molecule has 1 N–H and O–H groups in total. The molecule has 3 nitrogen and oxygen atoms in total. The highest BCUT2D eigenvalue weighted by atomic mass is 16.5. The number of rotatable bonds is 8. The molecular formula is C15H25NO2. The van der Waals surface area contributed by atoms with Gasteiger partial charge in [0, 0.05) is 19.7 Å². The summed E-state index contributed by atoms with van der Waals surface area (Å²) in [5.41, 5.74) is 1.27. The summed E-state index contributed by atoms with van der Waals surface area (Å²) in [6.45, 7) is 7.95. The highest BCUT2D eigenvalue weighted by Gasteiger charge is 2.07.